The Morgan fingerprint density at radius 2 is 2.04 bits per heavy atom. The first-order chi connectivity index (χ1) is 13.4. The largest absolute Gasteiger partial charge is 0.493 e. The summed E-state index contributed by atoms with van der Waals surface area (Å²) in [5.74, 6) is 1.67. The topological polar surface area (TPSA) is 71.5 Å². The van der Waals surface area contributed by atoms with Crippen LogP contribution in [0.15, 0.2) is 36.4 Å². The van der Waals surface area contributed by atoms with Crippen LogP contribution in [0.3, 0.4) is 0 Å². The van der Waals surface area contributed by atoms with Crippen LogP contribution in [0.25, 0.3) is 0 Å². The lowest BCUT2D eigenvalue weighted by Crippen LogP contribution is -2.14. The van der Waals surface area contributed by atoms with Crippen LogP contribution < -0.4 is 10.1 Å². The molecule has 0 saturated heterocycles. The molecule has 1 aromatic carbocycles. The van der Waals surface area contributed by atoms with Crippen molar-refractivity contribution in [3.8, 4) is 5.75 Å². The molecule has 2 heterocycles. The number of aliphatic carboxylic acids is 1. The Hall–Kier alpha value is -2.56. The molecule has 1 aromatic heterocycles. The summed E-state index contributed by atoms with van der Waals surface area (Å²) >= 11 is 0. The number of carbonyl (C=O) groups is 1. The molecule has 1 saturated carbocycles. The summed E-state index contributed by atoms with van der Waals surface area (Å²) in [4.78, 5) is 15.8. The van der Waals surface area contributed by atoms with E-state index in [0.717, 1.165) is 36.6 Å². The molecule has 4 rings (SSSR count). The minimum atomic E-state index is -0.716. The predicted molar refractivity (Wildman–Crippen MR) is 109 cm³/mol. The van der Waals surface area contributed by atoms with E-state index >= 15 is 0 Å². The van der Waals surface area contributed by atoms with E-state index in [4.69, 9.17) is 14.8 Å². The minimum absolute atomic E-state index is 0.0485. The Labute approximate surface area is 166 Å². The van der Waals surface area contributed by atoms with Gasteiger partial charge in [-0.25, -0.2) is 4.98 Å². The second-order valence-corrected chi connectivity index (χ2v) is 8.51. The van der Waals surface area contributed by atoms with E-state index in [1.54, 1.807) is 0 Å². The number of fused-ring (bicyclic) bond motifs is 1. The number of aryl methyl sites for hydroxylation is 1. The number of nitrogens with zero attached hydrogens (tertiary/aromatic N) is 1. The van der Waals surface area contributed by atoms with Crippen molar-refractivity contribution in [2.24, 2.45) is 11.3 Å². The second-order valence-electron chi connectivity index (χ2n) is 8.51. The van der Waals surface area contributed by atoms with Crippen molar-refractivity contribution in [3.05, 3.63) is 53.2 Å². The van der Waals surface area contributed by atoms with Gasteiger partial charge < -0.3 is 15.2 Å². The van der Waals surface area contributed by atoms with Crippen molar-refractivity contribution in [2.75, 3.05) is 18.5 Å². The van der Waals surface area contributed by atoms with Gasteiger partial charge in [-0.2, -0.15) is 0 Å². The first-order valence-corrected chi connectivity index (χ1v) is 10.1. The van der Waals surface area contributed by atoms with Crippen LogP contribution in [-0.4, -0.2) is 29.2 Å². The van der Waals surface area contributed by atoms with Gasteiger partial charge in [0.2, 0.25) is 0 Å². The van der Waals surface area contributed by atoms with Gasteiger partial charge in [-0.1, -0.05) is 32.0 Å². The molecule has 0 amide bonds. The fourth-order valence-corrected chi connectivity index (χ4v) is 4.53. The third-order valence-corrected chi connectivity index (χ3v) is 6.26. The number of aromatic nitrogens is 1. The molecule has 28 heavy (non-hydrogen) atoms. The predicted octanol–water partition coefficient (Wildman–Crippen LogP) is 4.28. The van der Waals surface area contributed by atoms with Crippen molar-refractivity contribution < 1.29 is 14.6 Å². The summed E-state index contributed by atoms with van der Waals surface area (Å²) in [7, 11) is 0. The van der Waals surface area contributed by atoms with Gasteiger partial charge in [0.05, 0.1) is 6.61 Å². The smallest absolute Gasteiger partial charge is 0.303 e. The number of hydrogen-bond acceptors (Lipinski definition) is 4. The average Bonchev–Trinajstić information content (AvgIpc) is 3.21. The third-order valence-electron chi connectivity index (χ3n) is 6.26. The van der Waals surface area contributed by atoms with E-state index in [2.05, 4.69) is 43.4 Å². The molecule has 2 atom stereocenters. The van der Waals surface area contributed by atoms with Crippen LogP contribution in [0.2, 0.25) is 0 Å². The molecular formula is C23H28N2O3. The van der Waals surface area contributed by atoms with Gasteiger partial charge in [-0.3, -0.25) is 4.79 Å². The van der Waals surface area contributed by atoms with Crippen molar-refractivity contribution >= 4 is 11.8 Å². The summed E-state index contributed by atoms with van der Waals surface area (Å²) < 4.78 is 5.90. The number of anilines is 1. The Kier molecular flexibility index (Phi) is 5.00. The zero-order valence-electron chi connectivity index (χ0n) is 16.6. The van der Waals surface area contributed by atoms with Crippen LogP contribution in [-0.2, 0) is 17.6 Å². The van der Waals surface area contributed by atoms with Gasteiger partial charge in [-0.15, -0.1) is 0 Å². The SMILES string of the molecule is CC1(C)[C@H](c2ccc(OCCc3ccc4c(n3)NCCC4)cc2)[C@@H]1CC(=O)O. The molecule has 5 nitrogen and oxygen atoms in total. The summed E-state index contributed by atoms with van der Waals surface area (Å²) in [5.41, 5.74) is 3.59. The Morgan fingerprint density at radius 1 is 1.25 bits per heavy atom. The highest BCUT2D eigenvalue weighted by Gasteiger charge is 2.58. The zero-order valence-corrected chi connectivity index (χ0v) is 16.6. The number of hydrogen-bond donors (Lipinski definition) is 2. The Balaban J connectivity index is 1.31. The molecule has 2 aromatic rings. The molecule has 2 N–H and O–H groups in total. The van der Waals surface area contributed by atoms with E-state index < -0.39 is 5.97 Å². The quantitative estimate of drug-likeness (QED) is 0.750. The van der Waals surface area contributed by atoms with Crippen LogP contribution in [0, 0.1) is 11.3 Å². The van der Waals surface area contributed by atoms with Crippen LogP contribution in [0.5, 0.6) is 5.75 Å². The number of nitrogens with one attached hydrogen (secondary N) is 1. The maximum Gasteiger partial charge on any atom is 0.303 e. The van der Waals surface area contributed by atoms with E-state index in [1.165, 1.54) is 17.5 Å². The lowest BCUT2D eigenvalue weighted by molar-refractivity contribution is -0.137. The summed E-state index contributed by atoms with van der Waals surface area (Å²) in [6, 6.07) is 12.4. The van der Waals surface area contributed by atoms with Crippen LogP contribution in [0.1, 0.15) is 49.4 Å². The van der Waals surface area contributed by atoms with Gasteiger partial charge in [0.25, 0.3) is 0 Å². The molecule has 2 aliphatic rings. The first-order valence-electron chi connectivity index (χ1n) is 10.1. The van der Waals surface area contributed by atoms with Gasteiger partial charge in [0.15, 0.2) is 0 Å². The third kappa shape index (κ3) is 3.84. The Morgan fingerprint density at radius 3 is 2.79 bits per heavy atom. The summed E-state index contributed by atoms with van der Waals surface area (Å²) in [6.07, 6.45) is 3.28. The van der Waals surface area contributed by atoms with Crippen molar-refractivity contribution in [1.29, 1.82) is 0 Å². The monoisotopic (exact) mass is 380 g/mol. The number of pyridine rings is 1. The lowest BCUT2D eigenvalue weighted by atomic mass is 10.0. The van der Waals surface area contributed by atoms with E-state index in [1.807, 2.05) is 12.1 Å². The first kappa shape index (κ1) is 18.8. The molecule has 0 spiro atoms. The number of carboxylic acids is 1. The van der Waals surface area contributed by atoms with E-state index in [-0.39, 0.29) is 17.8 Å². The minimum Gasteiger partial charge on any atom is -0.493 e. The van der Waals surface area contributed by atoms with Crippen molar-refractivity contribution in [2.45, 2.75) is 45.4 Å². The highest BCUT2D eigenvalue weighted by Crippen LogP contribution is 2.65. The van der Waals surface area contributed by atoms with Gasteiger partial charge in [0, 0.05) is 25.1 Å². The molecular weight excluding hydrogens is 352 g/mol. The van der Waals surface area contributed by atoms with Gasteiger partial charge in [0.1, 0.15) is 11.6 Å². The van der Waals surface area contributed by atoms with Crippen molar-refractivity contribution in [1.82, 2.24) is 4.98 Å². The maximum absolute atomic E-state index is 11.1. The van der Waals surface area contributed by atoms with E-state index in [9.17, 15) is 4.79 Å². The molecule has 0 radical (unpaired) electrons. The fraction of sp³-hybridized carbons (Fsp3) is 0.478. The molecule has 5 heteroatoms. The molecule has 1 fully saturated rings. The maximum atomic E-state index is 11.1. The van der Waals surface area contributed by atoms with Crippen LogP contribution >= 0.6 is 0 Å². The standard InChI is InChI=1S/C23H28N2O3/c1-23(2)19(14-20(26)27)21(23)15-6-9-18(10-7-15)28-13-11-17-8-5-16-4-3-12-24-22(16)25-17/h5-10,19,21H,3-4,11-14H2,1-2H3,(H,24,25)(H,26,27)/t19-,21+/m0/s1. The van der Waals surface area contributed by atoms with E-state index in [0.29, 0.717) is 12.5 Å². The van der Waals surface area contributed by atoms with Crippen molar-refractivity contribution in [3.63, 3.8) is 0 Å². The highest BCUT2D eigenvalue weighted by atomic mass is 16.5. The van der Waals surface area contributed by atoms with Gasteiger partial charge in [-0.05, 0) is 59.4 Å². The second kappa shape index (κ2) is 7.46. The summed E-state index contributed by atoms with van der Waals surface area (Å²) in [5, 5.41) is 12.5. The molecule has 1 aliphatic carbocycles. The average molecular weight is 380 g/mol. The molecule has 0 unspecified atom stereocenters. The molecule has 0 bridgehead atoms. The zero-order chi connectivity index (χ0) is 19.7. The van der Waals surface area contributed by atoms with Crippen LogP contribution in [0.4, 0.5) is 5.82 Å². The molecule has 1 aliphatic heterocycles. The normalized spacial score (nSPS) is 22.1. The Bertz CT molecular complexity index is 861. The molecule has 148 valence electrons. The number of ether oxygens (including phenoxy) is 1. The number of carboxylic acid groups (broad SMARTS) is 1. The lowest BCUT2D eigenvalue weighted by Gasteiger charge is -2.17. The summed E-state index contributed by atoms with van der Waals surface area (Å²) in [6.45, 7) is 5.88. The number of rotatable bonds is 7. The fourth-order valence-electron chi connectivity index (χ4n) is 4.53. The highest BCUT2D eigenvalue weighted by molar-refractivity contribution is 5.68. The number of benzene rings is 1. The van der Waals surface area contributed by atoms with Gasteiger partial charge >= 0.3 is 5.97 Å².